The highest BCUT2D eigenvalue weighted by atomic mass is 32.1. The van der Waals surface area contributed by atoms with Crippen molar-refractivity contribution in [3.05, 3.63) is 33.6 Å². The van der Waals surface area contributed by atoms with E-state index in [0.717, 1.165) is 30.2 Å². The van der Waals surface area contributed by atoms with Crippen molar-refractivity contribution in [2.24, 2.45) is 7.05 Å². The van der Waals surface area contributed by atoms with Gasteiger partial charge in [-0.3, -0.25) is 9.58 Å². The Morgan fingerprint density at radius 1 is 1.47 bits per heavy atom. The first-order chi connectivity index (χ1) is 8.08. The van der Waals surface area contributed by atoms with Crippen LogP contribution in [-0.2, 0) is 20.1 Å². The zero-order valence-corrected chi connectivity index (χ0v) is 11.3. The lowest BCUT2D eigenvalue weighted by atomic mass is 10.2. The standard InChI is InChI=1S/C12H18N4S/c1-9-11(12(13)16(3)14-9)8-15(2)7-10-5-4-6-17-10/h4-6H,7-8,13H2,1-3H3. The molecule has 92 valence electrons. The zero-order chi connectivity index (χ0) is 12.4. The van der Waals surface area contributed by atoms with E-state index in [9.17, 15) is 0 Å². The van der Waals surface area contributed by atoms with Gasteiger partial charge in [-0.2, -0.15) is 5.10 Å². The van der Waals surface area contributed by atoms with Crippen molar-refractivity contribution in [2.45, 2.75) is 20.0 Å². The van der Waals surface area contributed by atoms with Crippen LogP contribution in [-0.4, -0.2) is 21.7 Å². The van der Waals surface area contributed by atoms with Crippen LogP contribution in [0.15, 0.2) is 17.5 Å². The van der Waals surface area contributed by atoms with Gasteiger partial charge in [-0.15, -0.1) is 11.3 Å². The number of nitrogens with two attached hydrogens (primary N) is 1. The Kier molecular flexibility index (Phi) is 3.49. The van der Waals surface area contributed by atoms with Gasteiger partial charge in [-0.25, -0.2) is 0 Å². The fourth-order valence-corrected chi connectivity index (χ4v) is 2.69. The van der Waals surface area contributed by atoms with Gasteiger partial charge < -0.3 is 5.73 Å². The molecule has 2 aromatic rings. The van der Waals surface area contributed by atoms with Gasteiger partial charge >= 0.3 is 0 Å². The van der Waals surface area contributed by atoms with Crippen LogP contribution in [0.1, 0.15) is 16.1 Å². The molecule has 0 radical (unpaired) electrons. The van der Waals surface area contributed by atoms with Crippen molar-refractivity contribution in [3.63, 3.8) is 0 Å². The van der Waals surface area contributed by atoms with Crippen molar-refractivity contribution in [1.29, 1.82) is 0 Å². The summed E-state index contributed by atoms with van der Waals surface area (Å²) < 4.78 is 1.74. The fourth-order valence-electron chi connectivity index (χ4n) is 1.91. The van der Waals surface area contributed by atoms with Gasteiger partial charge in [0.1, 0.15) is 5.82 Å². The third-order valence-electron chi connectivity index (χ3n) is 2.83. The van der Waals surface area contributed by atoms with Gasteiger partial charge in [0.2, 0.25) is 0 Å². The fraction of sp³-hybridized carbons (Fsp3) is 0.417. The molecule has 2 N–H and O–H groups in total. The van der Waals surface area contributed by atoms with Crippen molar-refractivity contribution >= 4 is 17.2 Å². The molecule has 0 aliphatic rings. The lowest BCUT2D eigenvalue weighted by Gasteiger charge is -2.15. The van der Waals surface area contributed by atoms with Crippen molar-refractivity contribution in [2.75, 3.05) is 12.8 Å². The molecule has 2 rings (SSSR count). The number of hydrogen-bond donors (Lipinski definition) is 1. The number of rotatable bonds is 4. The predicted molar refractivity (Wildman–Crippen MR) is 71.8 cm³/mol. The van der Waals surface area contributed by atoms with E-state index in [1.165, 1.54) is 4.88 Å². The third-order valence-corrected chi connectivity index (χ3v) is 3.69. The number of aromatic nitrogens is 2. The van der Waals surface area contributed by atoms with Crippen LogP contribution in [0.5, 0.6) is 0 Å². The molecule has 0 aliphatic carbocycles. The molecule has 5 heteroatoms. The average molecular weight is 250 g/mol. The molecule has 0 spiro atoms. The van der Waals surface area contributed by atoms with E-state index in [-0.39, 0.29) is 0 Å². The quantitative estimate of drug-likeness (QED) is 0.903. The van der Waals surface area contributed by atoms with Crippen molar-refractivity contribution in [3.8, 4) is 0 Å². The number of aryl methyl sites for hydroxylation is 2. The van der Waals surface area contributed by atoms with Crippen molar-refractivity contribution in [1.82, 2.24) is 14.7 Å². The second-order valence-electron chi connectivity index (χ2n) is 4.32. The summed E-state index contributed by atoms with van der Waals surface area (Å²) in [7, 11) is 3.98. The molecule has 17 heavy (non-hydrogen) atoms. The topological polar surface area (TPSA) is 47.1 Å². The van der Waals surface area contributed by atoms with E-state index >= 15 is 0 Å². The smallest absolute Gasteiger partial charge is 0.126 e. The second kappa shape index (κ2) is 4.89. The largest absolute Gasteiger partial charge is 0.384 e. The predicted octanol–water partition coefficient (Wildman–Crippen LogP) is 2.00. The Hall–Kier alpha value is -1.33. The second-order valence-corrected chi connectivity index (χ2v) is 5.36. The van der Waals surface area contributed by atoms with E-state index in [2.05, 4.69) is 34.6 Å². The molecular weight excluding hydrogens is 232 g/mol. The van der Waals surface area contributed by atoms with Gasteiger partial charge in [-0.05, 0) is 25.4 Å². The summed E-state index contributed by atoms with van der Waals surface area (Å²) in [6, 6.07) is 4.23. The maximum absolute atomic E-state index is 6.00. The summed E-state index contributed by atoms with van der Waals surface area (Å²) in [5, 5.41) is 6.43. The Balaban J connectivity index is 2.05. The highest BCUT2D eigenvalue weighted by molar-refractivity contribution is 7.09. The van der Waals surface area contributed by atoms with Crippen LogP contribution in [0, 0.1) is 6.92 Å². The highest BCUT2D eigenvalue weighted by Crippen LogP contribution is 2.19. The van der Waals surface area contributed by atoms with E-state index < -0.39 is 0 Å². The lowest BCUT2D eigenvalue weighted by Crippen LogP contribution is -2.17. The maximum atomic E-state index is 6.00. The molecule has 2 heterocycles. The number of hydrogen-bond acceptors (Lipinski definition) is 4. The summed E-state index contributed by atoms with van der Waals surface area (Å²) in [5.41, 5.74) is 8.15. The Bertz CT molecular complexity index is 487. The zero-order valence-electron chi connectivity index (χ0n) is 10.5. The molecule has 2 aromatic heterocycles. The van der Waals surface area contributed by atoms with E-state index in [4.69, 9.17) is 5.73 Å². The number of thiophene rings is 1. The number of nitrogens with zero attached hydrogens (tertiary/aromatic N) is 3. The molecule has 0 saturated carbocycles. The molecule has 0 atom stereocenters. The minimum atomic E-state index is 0.764. The number of nitrogen functional groups attached to an aromatic ring is 1. The monoisotopic (exact) mass is 250 g/mol. The minimum absolute atomic E-state index is 0.764. The maximum Gasteiger partial charge on any atom is 0.126 e. The lowest BCUT2D eigenvalue weighted by molar-refractivity contribution is 0.322. The van der Waals surface area contributed by atoms with Gasteiger partial charge in [0.05, 0.1) is 5.69 Å². The summed E-state index contributed by atoms with van der Waals surface area (Å²) in [4.78, 5) is 3.62. The summed E-state index contributed by atoms with van der Waals surface area (Å²) in [6.07, 6.45) is 0. The van der Waals surface area contributed by atoms with Gasteiger partial charge in [-0.1, -0.05) is 6.07 Å². The summed E-state index contributed by atoms with van der Waals surface area (Å²) >= 11 is 1.78. The molecular formula is C12H18N4S. The van der Waals surface area contributed by atoms with Crippen LogP contribution in [0.4, 0.5) is 5.82 Å². The SMILES string of the molecule is Cc1nn(C)c(N)c1CN(C)Cc1cccs1. The third kappa shape index (κ3) is 2.68. The Labute approximate surface area is 106 Å². The minimum Gasteiger partial charge on any atom is -0.384 e. The van der Waals surface area contributed by atoms with Crippen LogP contribution in [0.25, 0.3) is 0 Å². The molecule has 0 saturated heterocycles. The first-order valence-electron chi connectivity index (χ1n) is 5.57. The summed E-state index contributed by atoms with van der Waals surface area (Å²) in [5.74, 6) is 0.764. The Morgan fingerprint density at radius 2 is 2.24 bits per heavy atom. The number of anilines is 1. The van der Waals surface area contributed by atoms with Gasteiger partial charge in [0.25, 0.3) is 0 Å². The first-order valence-corrected chi connectivity index (χ1v) is 6.44. The van der Waals surface area contributed by atoms with Crippen LogP contribution in [0.2, 0.25) is 0 Å². The molecule has 0 amide bonds. The highest BCUT2D eigenvalue weighted by Gasteiger charge is 2.12. The molecule has 0 unspecified atom stereocenters. The molecule has 0 aromatic carbocycles. The molecule has 0 fully saturated rings. The first kappa shape index (κ1) is 12.1. The Morgan fingerprint density at radius 3 is 2.76 bits per heavy atom. The van der Waals surface area contributed by atoms with Gasteiger partial charge in [0.15, 0.2) is 0 Å². The van der Waals surface area contributed by atoms with E-state index in [1.54, 1.807) is 16.0 Å². The molecule has 4 nitrogen and oxygen atoms in total. The van der Waals surface area contributed by atoms with Crippen molar-refractivity contribution < 1.29 is 0 Å². The average Bonchev–Trinajstić information content (AvgIpc) is 2.83. The molecule has 0 bridgehead atoms. The van der Waals surface area contributed by atoms with E-state index in [1.807, 2.05) is 14.0 Å². The van der Waals surface area contributed by atoms with Crippen LogP contribution in [0.3, 0.4) is 0 Å². The van der Waals surface area contributed by atoms with Crippen LogP contribution >= 0.6 is 11.3 Å². The van der Waals surface area contributed by atoms with E-state index in [0.29, 0.717) is 0 Å². The normalized spacial score (nSPS) is 11.3. The summed E-state index contributed by atoms with van der Waals surface area (Å²) in [6.45, 7) is 3.79. The van der Waals surface area contributed by atoms with Crippen LogP contribution < -0.4 is 5.73 Å². The molecule has 0 aliphatic heterocycles. The van der Waals surface area contributed by atoms with Gasteiger partial charge in [0, 0.05) is 30.6 Å².